The smallest absolute Gasteiger partial charge is 0.312 e. The molecule has 1 spiro atoms. The average Bonchev–Trinajstić information content (AvgIpc) is 3.61. The van der Waals surface area contributed by atoms with Gasteiger partial charge in [-0.05, 0) is 54.7 Å². The predicted molar refractivity (Wildman–Crippen MR) is 168 cm³/mol. The zero-order valence-corrected chi connectivity index (χ0v) is 24.9. The highest BCUT2D eigenvalue weighted by Crippen LogP contribution is 2.64. The van der Waals surface area contributed by atoms with Gasteiger partial charge in [0, 0.05) is 12.2 Å². The van der Waals surface area contributed by atoms with E-state index in [0.29, 0.717) is 30.5 Å². The van der Waals surface area contributed by atoms with E-state index in [4.69, 9.17) is 9.47 Å². The third-order valence-electron chi connectivity index (χ3n) is 9.58. The Bertz CT molecular complexity index is 1610. The van der Waals surface area contributed by atoms with Crippen LogP contribution < -0.4 is 4.90 Å². The number of aliphatic hydroxyl groups is 1. The molecule has 0 radical (unpaired) electrons. The summed E-state index contributed by atoms with van der Waals surface area (Å²) < 4.78 is 12.4. The van der Waals surface area contributed by atoms with Crippen molar-refractivity contribution in [1.82, 2.24) is 4.90 Å². The summed E-state index contributed by atoms with van der Waals surface area (Å²) >= 11 is 0. The molecule has 2 amide bonds. The second-order valence-electron chi connectivity index (χ2n) is 12.1. The van der Waals surface area contributed by atoms with E-state index >= 15 is 0 Å². The predicted octanol–water partition coefficient (Wildman–Crippen LogP) is 4.98. The van der Waals surface area contributed by atoms with Gasteiger partial charge in [-0.1, -0.05) is 72.8 Å². The Morgan fingerprint density at radius 3 is 2.50 bits per heavy atom. The summed E-state index contributed by atoms with van der Waals surface area (Å²) in [7, 11) is 0. The lowest BCUT2D eigenvalue weighted by Gasteiger charge is -2.39. The molecular weight excluding hydrogens is 556 g/mol. The van der Waals surface area contributed by atoms with Gasteiger partial charge < -0.3 is 24.4 Å². The SMILES string of the molecule is C=CCCOC(=O)[C@H]1[C@H]2C(=O)N([C@H](CO)c3ccccc3)C(C(=O)N(CC=C)c3ccc4ccccc4c3)C23CC[C@]1(C)O3. The minimum absolute atomic E-state index is 0.146. The quantitative estimate of drug-likeness (QED) is 0.191. The second-order valence-corrected chi connectivity index (χ2v) is 12.1. The van der Waals surface area contributed by atoms with Crippen molar-refractivity contribution >= 4 is 34.2 Å². The van der Waals surface area contributed by atoms with E-state index in [2.05, 4.69) is 13.2 Å². The van der Waals surface area contributed by atoms with Gasteiger partial charge >= 0.3 is 5.97 Å². The van der Waals surface area contributed by atoms with E-state index < -0.39 is 53.6 Å². The number of carbonyl (C=O) groups excluding carboxylic acids is 3. The summed E-state index contributed by atoms with van der Waals surface area (Å²) in [5.41, 5.74) is -0.905. The fourth-order valence-electron chi connectivity index (χ4n) is 7.64. The Hall–Kier alpha value is -4.27. The van der Waals surface area contributed by atoms with Gasteiger partial charge in [0.1, 0.15) is 17.6 Å². The largest absolute Gasteiger partial charge is 0.465 e. The van der Waals surface area contributed by atoms with Crippen molar-refractivity contribution in [2.45, 2.75) is 49.5 Å². The van der Waals surface area contributed by atoms with E-state index in [-0.39, 0.29) is 19.1 Å². The van der Waals surface area contributed by atoms with Crippen molar-refractivity contribution in [3.05, 3.63) is 104 Å². The Morgan fingerprint density at radius 1 is 1.07 bits per heavy atom. The van der Waals surface area contributed by atoms with E-state index in [9.17, 15) is 19.5 Å². The number of rotatable bonds is 11. The maximum Gasteiger partial charge on any atom is 0.312 e. The van der Waals surface area contributed by atoms with E-state index in [1.807, 2.05) is 79.7 Å². The van der Waals surface area contributed by atoms with Crippen LogP contribution in [0.3, 0.4) is 0 Å². The van der Waals surface area contributed by atoms with Gasteiger partial charge in [0.15, 0.2) is 0 Å². The first-order chi connectivity index (χ1) is 21.3. The number of esters is 1. The Morgan fingerprint density at radius 2 is 1.80 bits per heavy atom. The zero-order chi connectivity index (χ0) is 31.1. The highest BCUT2D eigenvalue weighted by Gasteiger charge is 2.79. The van der Waals surface area contributed by atoms with Crippen LogP contribution in [0.2, 0.25) is 0 Å². The first-order valence-corrected chi connectivity index (χ1v) is 15.2. The highest BCUT2D eigenvalue weighted by atomic mass is 16.6. The fourth-order valence-corrected chi connectivity index (χ4v) is 7.64. The molecule has 3 aromatic rings. The number of fused-ring (bicyclic) bond motifs is 2. The molecule has 3 aromatic carbocycles. The lowest BCUT2D eigenvalue weighted by molar-refractivity contribution is -0.160. The molecule has 44 heavy (non-hydrogen) atoms. The van der Waals surface area contributed by atoms with Crippen LogP contribution in [0.1, 0.15) is 37.8 Å². The molecule has 3 saturated heterocycles. The summed E-state index contributed by atoms with van der Waals surface area (Å²) in [5.74, 6) is -3.09. The van der Waals surface area contributed by atoms with Crippen molar-refractivity contribution in [1.29, 1.82) is 0 Å². The molecule has 6 atom stereocenters. The normalized spacial score (nSPS) is 27.6. The van der Waals surface area contributed by atoms with Crippen molar-refractivity contribution in [3.63, 3.8) is 0 Å². The van der Waals surface area contributed by atoms with Crippen LogP contribution in [-0.4, -0.2) is 64.8 Å². The van der Waals surface area contributed by atoms with Gasteiger partial charge in [-0.25, -0.2) is 0 Å². The van der Waals surface area contributed by atoms with Gasteiger partial charge in [0.25, 0.3) is 5.91 Å². The van der Waals surface area contributed by atoms with Crippen LogP contribution in [0.25, 0.3) is 10.8 Å². The van der Waals surface area contributed by atoms with Crippen LogP contribution in [0.5, 0.6) is 0 Å². The Balaban J connectivity index is 1.48. The number of carbonyl (C=O) groups is 3. The molecule has 6 rings (SSSR count). The molecule has 3 aliphatic rings. The molecule has 8 nitrogen and oxygen atoms in total. The van der Waals surface area contributed by atoms with Crippen molar-refractivity contribution in [3.8, 4) is 0 Å². The minimum Gasteiger partial charge on any atom is -0.465 e. The molecule has 228 valence electrons. The maximum absolute atomic E-state index is 15.0. The molecule has 0 aromatic heterocycles. The first kappa shape index (κ1) is 29.8. The summed E-state index contributed by atoms with van der Waals surface area (Å²) in [4.78, 5) is 46.4. The van der Waals surface area contributed by atoms with Crippen LogP contribution in [0.4, 0.5) is 5.69 Å². The third-order valence-corrected chi connectivity index (χ3v) is 9.58. The number of ether oxygens (including phenoxy) is 2. The number of nitrogens with zero attached hydrogens (tertiary/aromatic N) is 2. The number of amides is 2. The minimum atomic E-state index is -1.27. The number of likely N-dealkylation sites (tertiary alicyclic amines) is 1. The number of benzene rings is 3. The van der Waals surface area contributed by atoms with Crippen molar-refractivity contribution < 1.29 is 29.0 Å². The molecule has 8 heteroatoms. The molecule has 3 aliphatic heterocycles. The molecule has 2 bridgehead atoms. The van der Waals surface area contributed by atoms with E-state index in [1.54, 1.807) is 17.1 Å². The number of hydrogen-bond donors (Lipinski definition) is 1. The topological polar surface area (TPSA) is 96.4 Å². The lowest BCUT2D eigenvalue weighted by atomic mass is 9.66. The van der Waals surface area contributed by atoms with Gasteiger partial charge in [-0.2, -0.15) is 0 Å². The number of aliphatic hydroxyl groups excluding tert-OH is 1. The van der Waals surface area contributed by atoms with Crippen LogP contribution in [0, 0.1) is 11.8 Å². The molecule has 3 fully saturated rings. The van der Waals surface area contributed by atoms with Gasteiger partial charge in [-0.15, -0.1) is 13.2 Å². The van der Waals surface area contributed by atoms with Crippen LogP contribution in [0.15, 0.2) is 98.1 Å². The zero-order valence-electron chi connectivity index (χ0n) is 24.9. The summed E-state index contributed by atoms with van der Waals surface area (Å²) in [5, 5.41) is 12.8. The maximum atomic E-state index is 15.0. The van der Waals surface area contributed by atoms with Gasteiger partial charge in [0.2, 0.25) is 5.91 Å². The van der Waals surface area contributed by atoms with Crippen molar-refractivity contribution in [2.24, 2.45) is 11.8 Å². The average molecular weight is 595 g/mol. The van der Waals surface area contributed by atoms with E-state index in [1.165, 1.54) is 4.90 Å². The Labute approximate surface area is 257 Å². The lowest BCUT2D eigenvalue weighted by Crippen LogP contribution is -2.57. The number of anilines is 1. The van der Waals surface area contributed by atoms with Crippen molar-refractivity contribution in [2.75, 3.05) is 24.7 Å². The Kier molecular flexibility index (Phi) is 7.90. The fraction of sp³-hybridized carbons (Fsp3) is 0.361. The molecule has 1 N–H and O–H groups in total. The van der Waals surface area contributed by atoms with Gasteiger partial charge in [0.05, 0.1) is 30.8 Å². The second kappa shape index (κ2) is 11.7. The standard InChI is InChI=1S/C36H38N2O6/c1-4-6-21-43-34(42)30-29-32(40)38(28(23-39)25-13-8-7-9-14-25)31(36(29)19-18-35(30,3)44-36)33(41)37(20-5-2)27-17-16-24-12-10-11-15-26(24)22-27/h4-5,7-17,22,28-31,39H,1-2,6,18-21,23H2,3H3/t28-,29+,30-,31?,35+,36?/m1/s1. The molecular formula is C36H38N2O6. The molecule has 2 unspecified atom stereocenters. The third kappa shape index (κ3) is 4.64. The van der Waals surface area contributed by atoms with Crippen LogP contribution in [-0.2, 0) is 23.9 Å². The van der Waals surface area contributed by atoms with Crippen LogP contribution >= 0.6 is 0 Å². The van der Waals surface area contributed by atoms with Gasteiger partial charge in [-0.3, -0.25) is 14.4 Å². The summed E-state index contributed by atoms with van der Waals surface area (Å²) in [6.45, 7) is 9.36. The summed E-state index contributed by atoms with van der Waals surface area (Å²) in [6, 6.07) is 20.9. The monoisotopic (exact) mass is 594 g/mol. The molecule has 0 saturated carbocycles. The number of hydrogen-bond acceptors (Lipinski definition) is 6. The highest BCUT2D eigenvalue weighted by molar-refractivity contribution is 6.06. The van der Waals surface area contributed by atoms with E-state index in [0.717, 1.165) is 10.8 Å². The summed E-state index contributed by atoms with van der Waals surface area (Å²) in [6.07, 6.45) is 4.70. The molecule has 0 aliphatic carbocycles. The molecule has 3 heterocycles. The first-order valence-electron chi connectivity index (χ1n) is 15.2.